The van der Waals surface area contributed by atoms with Crippen LogP contribution in [0.5, 0.6) is 0 Å². The number of aliphatic hydroxyl groups excluding tert-OH is 1. The molecule has 0 saturated carbocycles. The second-order valence-corrected chi connectivity index (χ2v) is 4.66. The molecule has 0 aliphatic carbocycles. The van der Waals surface area contributed by atoms with Crippen LogP contribution in [0.1, 0.15) is 42.8 Å². The molecule has 3 nitrogen and oxygen atoms in total. The molecule has 1 unspecified atom stereocenters. The van der Waals surface area contributed by atoms with Gasteiger partial charge in [-0.2, -0.15) is 0 Å². The van der Waals surface area contributed by atoms with Gasteiger partial charge in [-0.1, -0.05) is 39.0 Å². The molecule has 1 aromatic rings. The first kappa shape index (κ1) is 11.7. The number of aromatic carboxylic acids is 1. The van der Waals surface area contributed by atoms with Gasteiger partial charge in [0.2, 0.25) is 0 Å². The predicted molar refractivity (Wildman–Crippen MR) is 57.8 cm³/mol. The molecule has 0 amide bonds. The fourth-order valence-corrected chi connectivity index (χ4v) is 1.40. The smallest absolute Gasteiger partial charge is 0.336 e. The zero-order valence-electron chi connectivity index (χ0n) is 9.19. The molecule has 1 atom stereocenters. The molecule has 0 fully saturated rings. The minimum atomic E-state index is -1.01. The lowest BCUT2D eigenvalue weighted by molar-refractivity contribution is 0.0568. The number of carbonyl (C=O) groups is 1. The van der Waals surface area contributed by atoms with Crippen molar-refractivity contribution in [3.63, 3.8) is 0 Å². The zero-order valence-corrected chi connectivity index (χ0v) is 9.19. The average molecular weight is 208 g/mol. The fraction of sp³-hybridized carbons (Fsp3) is 0.417. The monoisotopic (exact) mass is 208 g/mol. The van der Waals surface area contributed by atoms with Crippen LogP contribution in [0.4, 0.5) is 0 Å². The summed E-state index contributed by atoms with van der Waals surface area (Å²) in [6.07, 6.45) is -0.773. The van der Waals surface area contributed by atoms with Crippen LogP contribution in [0, 0.1) is 5.41 Å². The van der Waals surface area contributed by atoms with Crippen LogP contribution in [-0.2, 0) is 0 Å². The first-order valence-corrected chi connectivity index (χ1v) is 4.84. The summed E-state index contributed by atoms with van der Waals surface area (Å²) in [5.74, 6) is -1.01. The Morgan fingerprint density at radius 2 is 1.80 bits per heavy atom. The van der Waals surface area contributed by atoms with E-state index in [9.17, 15) is 9.90 Å². The van der Waals surface area contributed by atoms with Gasteiger partial charge in [-0.15, -0.1) is 0 Å². The number of hydrogen-bond donors (Lipinski definition) is 2. The summed E-state index contributed by atoms with van der Waals surface area (Å²) in [7, 11) is 0. The highest BCUT2D eigenvalue weighted by atomic mass is 16.4. The van der Waals surface area contributed by atoms with Gasteiger partial charge in [0.25, 0.3) is 0 Å². The highest BCUT2D eigenvalue weighted by Gasteiger charge is 2.27. The summed E-state index contributed by atoms with van der Waals surface area (Å²) in [5, 5.41) is 19.0. The van der Waals surface area contributed by atoms with Crippen LogP contribution in [0.15, 0.2) is 24.3 Å². The van der Waals surface area contributed by atoms with Crippen molar-refractivity contribution in [3.8, 4) is 0 Å². The van der Waals surface area contributed by atoms with Crippen molar-refractivity contribution >= 4 is 5.97 Å². The second-order valence-electron chi connectivity index (χ2n) is 4.66. The normalized spacial score (nSPS) is 13.6. The van der Waals surface area contributed by atoms with E-state index < -0.39 is 12.1 Å². The van der Waals surface area contributed by atoms with Crippen LogP contribution in [0.3, 0.4) is 0 Å². The number of hydrogen-bond acceptors (Lipinski definition) is 2. The van der Waals surface area contributed by atoms with E-state index in [1.165, 1.54) is 6.07 Å². The van der Waals surface area contributed by atoms with E-state index in [-0.39, 0.29) is 11.0 Å². The summed E-state index contributed by atoms with van der Waals surface area (Å²) in [6.45, 7) is 5.61. The molecule has 1 rings (SSSR count). The molecule has 3 heteroatoms. The number of carboxylic acid groups (broad SMARTS) is 1. The molecule has 0 saturated heterocycles. The van der Waals surface area contributed by atoms with E-state index in [0.29, 0.717) is 5.56 Å². The van der Waals surface area contributed by atoms with Gasteiger partial charge in [0, 0.05) is 0 Å². The van der Waals surface area contributed by atoms with Crippen molar-refractivity contribution in [2.75, 3.05) is 0 Å². The van der Waals surface area contributed by atoms with E-state index in [2.05, 4.69) is 0 Å². The van der Waals surface area contributed by atoms with E-state index >= 15 is 0 Å². The van der Waals surface area contributed by atoms with Crippen molar-refractivity contribution in [2.45, 2.75) is 26.9 Å². The van der Waals surface area contributed by atoms with Gasteiger partial charge in [-0.3, -0.25) is 0 Å². The summed E-state index contributed by atoms with van der Waals surface area (Å²) < 4.78 is 0. The number of carboxylic acids is 1. The fourth-order valence-electron chi connectivity index (χ4n) is 1.40. The summed E-state index contributed by atoms with van der Waals surface area (Å²) in [5.41, 5.74) is 0.267. The molecular weight excluding hydrogens is 192 g/mol. The standard InChI is InChI=1S/C12H16O3/c1-12(2,3)10(13)8-6-4-5-7-9(8)11(14)15/h4-7,10,13H,1-3H3,(H,14,15). The first-order valence-electron chi connectivity index (χ1n) is 4.84. The molecule has 0 aliphatic heterocycles. The molecule has 82 valence electrons. The number of benzene rings is 1. The van der Waals surface area contributed by atoms with Crippen molar-refractivity contribution in [1.29, 1.82) is 0 Å². The van der Waals surface area contributed by atoms with Crippen molar-refractivity contribution in [3.05, 3.63) is 35.4 Å². The van der Waals surface area contributed by atoms with Crippen LogP contribution in [0.2, 0.25) is 0 Å². The summed E-state index contributed by atoms with van der Waals surface area (Å²) in [6, 6.07) is 6.55. The lowest BCUT2D eigenvalue weighted by Crippen LogP contribution is -2.20. The van der Waals surface area contributed by atoms with Crippen LogP contribution >= 0.6 is 0 Å². The molecule has 0 spiro atoms. The Balaban J connectivity index is 3.19. The first-order chi connectivity index (χ1) is 6.84. The van der Waals surface area contributed by atoms with Gasteiger partial charge in [-0.05, 0) is 17.0 Å². The molecule has 0 radical (unpaired) electrons. The third kappa shape index (κ3) is 2.57. The van der Waals surface area contributed by atoms with Crippen molar-refractivity contribution < 1.29 is 15.0 Å². The maximum atomic E-state index is 10.9. The molecule has 0 bridgehead atoms. The third-order valence-corrected chi connectivity index (χ3v) is 2.31. The predicted octanol–water partition coefficient (Wildman–Crippen LogP) is 2.46. The molecule has 1 aromatic carbocycles. The highest BCUT2D eigenvalue weighted by Crippen LogP contribution is 2.34. The molecule has 2 N–H and O–H groups in total. The highest BCUT2D eigenvalue weighted by molar-refractivity contribution is 5.89. The molecule has 0 aromatic heterocycles. The molecule has 15 heavy (non-hydrogen) atoms. The minimum Gasteiger partial charge on any atom is -0.478 e. The van der Waals surface area contributed by atoms with Crippen molar-refractivity contribution in [1.82, 2.24) is 0 Å². The zero-order chi connectivity index (χ0) is 11.6. The summed E-state index contributed by atoms with van der Waals surface area (Å²) in [4.78, 5) is 10.9. The van der Waals surface area contributed by atoms with E-state index in [1.807, 2.05) is 20.8 Å². The Kier molecular flexibility index (Phi) is 3.15. The van der Waals surface area contributed by atoms with Gasteiger partial charge < -0.3 is 10.2 Å². The Labute approximate surface area is 89.4 Å². The average Bonchev–Trinajstić information content (AvgIpc) is 2.15. The van der Waals surface area contributed by atoms with Crippen LogP contribution < -0.4 is 0 Å². The van der Waals surface area contributed by atoms with Gasteiger partial charge in [0.1, 0.15) is 0 Å². The van der Waals surface area contributed by atoms with Gasteiger partial charge >= 0.3 is 5.97 Å². The Bertz CT molecular complexity index is 363. The molecule has 0 aliphatic rings. The number of rotatable bonds is 2. The number of aliphatic hydroxyl groups is 1. The van der Waals surface area contributed by atoms with Crippen LogP contribution in [0.25, 0.3) is 0 Å². The maximum absolute atomic E-state index is 10.9. The molecule has 0 heterocycles. The SMILES string of the molecule is CC(C)(C)C(O)c1ccccc1C(=O)O. The maximum Gasteiger partial charge on any atom is 0.336 e. The lowest BCUT2D eigenvalue weighted by Gasteiger charge is -2.27. The largest absolute Gasteiger partial charge is 0.478 e. The van der Waals surface area contributed by atoms with Gasteiger partial charge in [-0.25, -0.2) is 4.79 Å². The summed E-state index contributed by atoms with van der Waals surface area (Å²) >= 11 is 0. The topological polar surface area (TPSA) is 57.5 Å². The Morgan fingerprint density at radius 3 is 2.27 bits per heavy atom. The lowest BCUT2D eigenvalue weighted by atomic mass is 9.83. The quantitative estimate of drug-likeness (QED) is 0.784. The third-order valence-electron chi connectivity index (χ3n) is 2.31. The van der Waals surface area contributed by atoms with Gasteiger partial charge in [0.15, 0.2) is 0 Å². The minimum absolute atomic E-state index is 0.167. The van der Waals surface area contributed by atoms with E-state index in [0.717, 1.165) is 0 Å². The van der Waals surface area contributed by atoms with E-state index in [1.54, 1.807) is 18.2 Å². The Hall–Kier alpha value is -1.35. The van der Waals surface area contributed by atoms with Crippen molar-refractivity contribution in [2.24, 2.45) is 5.41 Å². The second kappa shape index (κ2) is 4.03. The van der Waals surface area contributed by atoms with E-state index in [4.69, 9.17) is 5.11 Å². The Morgan fingerprint density at radius 1 is 1.27 bits per heavy atom. The van der Waals surface area contributed by atoms with Crippen LogP contribution in [-0.4, -0.2) is 16.2 Å². The molecular formula is C12H16O3. The van der Waals surface area contributed by atoms with Gasteiger partial charge in [0.05, 0.1) is 11.7 Å².